The molecule has 1 aromatic rings. The molecule has 4 rings (SSSR count). The molecule has 1 amide bonds. The molecule has 1 aromatic heterocycles. The van der Waals surface area contributed by atoms with Crippen LogP contribution in [0.5, 0.6) is 0 Å². The first-order valence-corrected chi connectivity index (χ1v) is 10.4. The van der Waals surface area contributed by atoms with Crippen molar-refractivity contribution >= 4 is 17.8 Å². The van der Waals surface area contributed by atoms with Crippen molar-refractivity contribution in [2.45, 2.75) is 31.9 Å². The van der Waals surface area contributed by atoms with Gasteiger partial charge < -0.3 is 19.6 Å². The van der Waals surface area contributed by atoms with Crippen molar-refractivity contribution in [3.63, 3.8) is 0 Å². The second kappa shape index (κ2) is 8.62. The molecule has 29 heavy (non-hydrogen) atoms. The fraction of sp³-hybridized carbons (Fsp3) is 0.700. The van der Waals surface area contributed by atoms with Crippen molar-refractivity contribution < 1.29 is 19.4 Å². The molecule has 9 heteroatoms. The topological polar surface area (TPSA) is 99.1 Å². The molecule has 0 unspecified atom stereocenters. The van der Waals surface area contributed by atoms with Crippen LogP contribution in [0.1, 0.15) is 19.8 Å². The lowest BCUT2D eigenvalue weighted by molar-refractivity contribution is -0.150. The summed E-state index contributed by atoms with van der Waals surface area (Å²) < 4.78 is 5.30. The van der Waals surface area contributed by atoms with Crippen LogP contribution in [0.15, 0.2) is 18.5 Å². The summed E-state index contributed by atoms with van der Waals surface area (Å²) >= 11 is 0. The third kappa shape index (κ3) is 4.35. The molecule has 2 saturated heterocycles. The van der Waals surface area contributed by atoms with Crippen LogP contribution in [0, 0.1) is 11.8 Å². The Hall–Kier alpha value is -2.26. The number of ether oxygens (including phenoxy) is 1. The molecule has 0 aromatic carbocycles. The average molecular weight is 403 g/mol. The predicted molar refractivity (Wildman–Crippen MR) is 105 cm³/mol. The number of amides is 1. The van der Waals surface area contributed by atoms with E-state index in [0.29, 0.717) is 58.1 Å². The normalized spacial score (nSPS) is 30.1. The molecule has 2 aliphatic heterocycles. The summed E-state index contributed by atoms with van der Waals surface area (Å²) in [6.07, 6.45) is 4.20. The van der Waals surface area contributed by atoms with Crippen LogP contribution in [-0.4, -0.2) is 94.8 Å². The number of carbonyl (C=O) groups is 2. The molecule has 3 aliphatic rings. The van der Waals surface area contributed by atoms with Gasteiger partial charge in [0.1, 0.15) is 0 Å². The van der Waals surface area contributed by atoms with E-state index in [0.717, 1.165) is 6.54 Å². The van der Waals surface area contributed by atoms with Gasteiger partial charge in [0.15, 0.2) is 0 Å². The molecule has 3 heterocycles. The molecule has 1 aliphatic carbocycles. The predicted octanol–water partition coefficient (Wildman–Crippen LogP) is -0.240. The number of esters is 1. The van der Waals surface area contributed by atoms with Gasteiger partial charge in [-0.1, -0.05) is 0 Å². The molecule has 0 radical (unpaired) electrons. The number of aliphatic hydroxyl groups is 1. The zero-order valence-corrected chi connectivity index (χ0v) is 16.8. The largest absolute Gasteiger partial charge is 0.466 e. The number of aromatic nitrogens is 2. The third-order valence-electron chi connectivity index (χ3n) is 6.16. The molecule has 1 N–H and O–H groups in total. The third-order valence-corrected chi connectivity index (χ3v) is 6.16. The molecule has 0 spiro atoms. The Morgan fingerprint density at radius 3 is 2.55 bits per heavy atom. The van der Waals surface area contributed by atoms with Crippen molar-refractivity contribution in [1.29, 1.82) is 0 Å². The molecule has 1 saturated carbocycles. The number of nitrogens with zero attached hydrogens (tertiary/aromatic N) is 5. The van der Waals surface area contributed by atoms with Crippen molar-refractivity contribution in [1.82, 2.24) is 19.8 Å². The Labute approximate surface area is 170 Å². The maximum absolute atomic E-state index is 12.8. The minimum atomic E-state index is -0.334. The van der Waals surface area contributed by atoms with Crippen LogP contribution < -0.4 is 4.90 Å². The minimum Gasteiger partial charge on any atom is -0.466 e. The van der Waals surface area contributed by atoms with Crippen LogP contribution in [0.25, 0.3) is 0 Å². The number of rotatable bonds is 4. The Bertz CT molecular complexity index is 727. The lowest BCUT2D eigenvalue weighted by Crippen LogP contribution is -2.59. The van der Waals surface area contributed by atoms with Gasteiger partial charge in [0.05, 0.1) is 18.6 Å². The first kappa shape index (κ1) is 20.0. The maximum Gasteiger partial charge on any atom is 0.312 e. The summed E-state index contributed by atoms with van der Waals surface area (Å²) in [7, 11) is 0. The number of aliphatic hydroxyl groups excluding tert-OH is 1. The number of fused-ring (bicyclic) bond motifs is 1. The summed E-state index contributed by atoms with van der Waals surface area (Å²) in [4.78, 5) is 40.3. The Morgan fingerprint density at radius 1 is 1.10 bits per heavy atom. The van der Waals surface area contributed by atoms with E-state index >= 15 is 0 Å². The highest BCUT2D eigenvalue weighted by atomic mass is 16.5. The second-order valence-electron chi connectivity index (χ2n) is 8.16. The van der Waals surface area contributed by atoms with E-state index in [1.165, 1.54) is 0 Å². The van der Waals surface area contributed by atoms with Gasteiger partial charge in [0, 0.05) is 63.6 Å². The highest BCUT2D eigenvalue weighted by Crippen LogP contribution is 2.30. The lowest BCUT2D eigenvalue weighted by atomic mass is 9.81. The lowest BCUT2D eigenvalue weighted by Gasteiger charge is -2.44. The van der Waals surface area contributed by atoms with Gasteiger partial charge in [-0.15, -0.1) is 0 Å². The number of carbonyl (C=O) groups excluding carboxylic acids is 2. The summed E-state index contributed by atoms with van der Waals surface area (Å²) in [6.45, 7) is 5.93. The van der Waals surface area contributed by atoms with E-state index in [1.54, 1.807) is 18.5 Å². The van der Waals surface area contributed by atoms with Gasteiger partial charge in [0.25, 0.3) is 0 Å². The Kier molecular flexibility index (Phi) is 5.96. The molecule has 158 valence electrons. The highest BCUT2D eigenvalue weighted by molar-refractivity contribution is 5.80. The van der Waals surface area contributed by atoms with Crippen LogP contribution in [0.4, 0.5) is 5.95 Å². The van der Waals surface area contributed by atoms with Gasteiger partial charge in [-0.25, -0.2) is 9.97 Å². The smallest absolute Gasteiger partial charge is 0.312 e. The number of anilines is 1. The molecule has 9 nitrogen and oxygen atoms in total. The number of hydrogen-bond acceptors (Lipinski definition) is 8. The van der Waals surface area contributed by atoms with Gasteiger partial charge in [0.2, 0.25) is 11.9 Å². The summed E-state index contributed by atoms with van der Waals surface area (Å²) in [5.74, 6) is 0.199. The minimum absolute atomic E-state index is 0.0526. The van der Waals surface area contributed by atoms with Gasteiger partial charge in [-0.2, -0.15) is 0 Å². The standard InChI is InChI=1S/C20H29N5O4/c1-2-29-19(28)15-10-23-6-7-24(18(27)14-8-17(26)9-14)12-16(23)13-25(11-15)20-21-4-3-5-22-20/h3-5,14-17,26H,2,6-13H2,1H3/t14?,15-,16-,17?/m1/s1. The van der Waals surface area contributed by atoms with Crippen LogP contribution in [-0.2, 0) is 14.3 Å². The van der Waals surface area contributed by atoms with E-state index in [2.05, 4.69) is 14.9 Å². The summed E-state index contributed by atoms with van der Waals surface area (Å²) in [5, 5.41) is 9.53. The average Bonchev–Trinajstić information content (AvgIpc) is 2.91. The monoisotopic (exact) mass is 403 g/mol. The summed E-state index contributed by atoms with van der Waals surface area (Å²) in [5.41, 5.74) is 0. The first-order chi connectivity index (χ1) is 14.0. The fourth-order valence-corrected chi connectivity index (χ4v) is 4.52. The van der Waals surface area contributed by atoms with E-state index < -0.39 is 0 Å². The van der Waals surface area contributed by atoms with Crippen LogP contribution >= 0.6 is 0 Å². The zero-order valence-electron chi connectivity index (χ0n) is 16.8. The van der Waals surface area contributed by atoms with Gasteiger partial charge in [-0.3, -0.25) is 14.5 Å². The number of piperazine rings is 1. The molecule has 2 atom stereocenters. The quantitative estimate of drug-likeness (QED) is 0.688. The van der Waals surface area contributed by atoms with Crippen molar-refractivity contribution in [3.8, 4) is 0 Å². The van der Waals surface area contributed by atoms with Crippen molar-refractivity contribution in [2.75, 3.05) is 50.8 Å². The van der Waals surface area contributed by atoms with E-state index in [1.807, 2.05) is 16.7 Å². The molecular weight excluding hydrogens is 374 g/mol. The first-order valence-electron chi connectivity index (χ1n) is 10.4. The van der Waals surface area contributed by atoms with Crippen molar-refractivity contribution in [2.24, 2.45) is 11.8 Å². The maximum atomic E-state index is 12.8. The van der Waals surface area contributed by atoms with Crippen molar-refractivity contribution in [3.05, 3.63) is 18.5 Å². The number of hydrogen-bond donors (Lipinski definition) is 1. The Morgan fingerprint density at radius 2 is 1.86 bits per heavy atom. The molecule has 0 bridgehead atoms. The Balaban J connectivity index is 1.50. The van der Waals surface area contributed by atoms with Gasteiger partial charge >= 0.3 is 5.97 Å². The second-order valence-corrected chi connectivity index (χ2v) is 8.16. The van der Waals surface area contributed by atoms with Crippen LogP contribution in [0.2, 0.25) is 0 Å². The van der Waals surface area contributed by atoms with E-state index in [9.17, 15) is 14.7 Å². The zero-order chi connectivity index (χ0) is 20.4. The summed E-state index contributed by atoms with van der Waals surface area (Å²) in [6, 6.07) is 1.87. The fourth-order valence-electron chi connectivity index (χ4n) is 4.52. The van der Waals surface area contributed by atoms with E-state index in [4.69, 9.17) is 4.74 Å². The van der Waals surface area contributed by atoms with Crippen LogP contribution in [0.3, 0.4) is 0 Å². The molecular formula is C20H29N5O4. The van der Waals surface area contributed by atoms with Gasteiger partial charge in [-0.05, 0) is 25.8 Å². The highest BCUT2D eigenvalue weighted by Gasteiger charge is 2.41. The SMILES string of the molecule is CCOC(=O)[C@H]1CN(c2ncccn2)C[C@H]2CN(C(=O)C3CC(O)C3)CCN2C1. The molecule has 3 fully saturated rings. The van der Waals surface area contributed by atoms with E-state index in [-0.39, 0.29) is 35.9 Å².